The molecule has 0 saturated heterocycles. The van der Waals surface area contributed by atoms with E-state index in [1.807, 2.05) is 0 Å². The van der Waals surface area contributed by atoms with Crippen molar-refractivity contribution in [1.29, 1.82) is 0 Å². The number of aryl methyl sites for hydroxylation is 1. The van der Waals surface area contributed by atoms with E-state index in [1.165, 1.54) is 0 Å². The molecular weight excluding hydrogens is 248 g/mol. The molecule has 1 aromatic heterocycles. The Balaban J connectivity index is 2.11. The van der Waals surface area contributed by atoms with Gasteiger partial charge in [0.2, 0.25) is 0 Å². The fourth-order valence-electron chi connectivity index (χ4n) is 1.60. The second-order valence-electron chi connectivity index (χ2n) is 4.11. The van der Waals surface area contributed by atoms with Crippen LogP contribution in [-0.2, 0) is 6.61 Å². The molecule has 0 aliphatic carbocycles. The van der Waals surface area contributed by atoms with Gasteiger partial charge in [-0.25, -0.2) is 0 Å². The van der Waals surface area contributed by atoms with Gasteiger partial charge < -0.3 is 19.1 Å². The van der Waals surface area contributed by atoms with E-state index >= 15 is 0 Å². The molecule has 0 fully saturated rings. The predicted octanol–water partition coefficient (Wildman–Crippen LogP) is 2.02. The van der Waals surface area contributed by atoms with E-state index in [4.69, 9.17) is 14.0 Å². The molecule has 2 aromatic rings. The number of aliphatic hydroxyl groups excluding tert-OH is 1. The van der Waals surface area contributed by atoms with E-state index < -0.39 is 6.10 Å². The van der Waals surface area contributed by atoms with E-state index in [-0.39, 0.29) is 6.61 Å². The first kappa shape index (κ1) is 13.4. The van der Waals surface area contributed by atoms with Crippen LogP contribution in [0.1, 0.15) is 30.3 Å². The fourth-order valence-corrected chi connectivity index (χ4v) is 1.60. The zero-order chi connectivity index (χ0) is 13.8. The van der Waals surface area contributed by atoms with Crippen molar-refractivity contribution in [2.24, 2.45) is 0 Å². The molecule has 1 atom stereocenters. The Kier molecular flexibility index (Phi) is 4.01. The Bertz CT molecular complexity index is 551. The molecule has 0 amide bonds. The average Bonchev–Trinajstić information content (AvgIpc) is 2.81. The molecule has 0 spiro atoms. The molecule has 0 aliphatic heterocycles. The van der Waals surface area contributed by atoms with Gasteiger partial charge in [0.25, 0.3) is 5.89 Å². The van der Waals surface area contributed by atoms with Gasteiger partial charge >= 0.3 is 0 Å². The maximum atomic E-state index is 9.52. The zero-order valence-corrected chi connectivity index (χ0v) is 11.1. The molecule has 1 aromatic carbocycles. The smallest absolute Gasteiger partial charge is 0.264 e. The van der Waals surface area contributed by atoms with Crippen LogP contribution >= 0.6 is 0 Å². The van der Waals surface area contributed by atoms with Crippen molar-refractivity contribution in [2.45, 2.75) is 26.6 Å². The minimum absolute atomic E-state index is 0.172. The van der Waals surface area contributed by atoms with Gasteiger partial charge in [0.15, 0.2) is 23.9 Å². The molecule has 0 saturated carbocycles. The summed E-state index contributed by atoms with van der Waals surface area (Å²) in [5.41, 5.74) is 0.762. The molecule has 102 valence electrons. The van der Waals surface area contributed by atoms with Crippen molar-refractivity contribution in [3.63, 3.8) is 0 Å². The maximum absolute atomic E-state index is 9.52. The van der Waals surface area contributed by atoms with Crippen molar-refractivity contribution in [1.82, 2.24) is 10.1 Å². The topological polar surface area (TPSA) is 77.6 Å². The van der Waals surface area contributed by atoms with Crippen molar-refractivity contribution in [2.75, 3.05) is 7.11 Å². The van der Waals surface area contributed by atoms with E-state index in [1.54, 1.807) is 39.2 Å². The van der Waals surface area contributed by atoms with Gasteiger partial charge in [-0.05, 0) is 31.5 Å². The van der Waals surface area contributed by atoms with Crippen molar-refractivity contribution >= 4 is 0 Å². The highest BCUT2D eigenvalue weighted by Crippen LogP contribution is 2.30. The van der Waals surface area contributed by atoms with Crippen LogP contribution in [0.2, 0.25) is 0 Å². The Morgan fingerprint density at radius 1 is 1.37 bits per heavy atom. The van der Waals surface area contributed by atoms with Gasteiger partial charge in [-0.2, -0.15) is 4.98 Å². The molecule has 6 nitrogen and oxygen atoms in total. The molecule has 6 heteroatoms. The summed E-state index contributed by atoms with van der Waals surface area (Å²) in [6.07, 6.45) is -0.554. The lowest BCUT2D eigenvalue weighted by atomic mass is 10.1. The maximum Gasteiger partial charge on any atom is 0.264 e. The second-order valence-corrected chi connectivity index (χ2v) is 4.11. The van der Waals surface area contributed by atoms with Gasteiger partial charge in [-0.15, -0.1) is 0 Å². The lowest BCUT2D eigenvalue weighted by molar-refractivity contribution is 0.198. The highest BCUT2D eigenvalue weighted by atomic mass is 16.5. The Labute approximate surface area is 111 Å². The summed E-state index contributed by atoms with van der Waals surface area (Å²) in [6.45, 7) is 3.60. The summed E-state index contributed by atoms with van der Waals surface area (Å²) in [5.74, 6) is 2.08. The molecule has 1 heterocycles. The number of benzene rings is 1. The Morgan fingerprint density at radius 2 is 2.16 bits per heavy atom. The molecular formula is C13H16N2O4. The number of nitrogens with zero attached hydrogens (tertiary/aromatic N) is 2. The minimum atomic E-state index is -0.554. The molecule has 1 N–H and O–H groups in total. The van der Waals surface area contributed by atoms with Crippen LogP contribution in [0.4, 0.5) is 0 Å². The Morgan fingerprint density at radius 3 is 2.74 bits per heavy atom. The normalized spacial score (nSPS) is 12.2. The lowest BCUT2D eigenvalue weighted by Gasteiger charge is -2.12. The summed E-state index contributed by atoms with van der Waals surface area (Å²) < 4.78 is 15.7. The third kappa shape index (κ3) is 3.23. The van der Waals surface area contributed by atoms with Crippen LogP contribution < -0.4 is 9.47 Å². The number of hydrogen-bond acceptors (Lipinski definition) is 6. The highest BCUT2D eigenvalue weighted by molar-refractivity contribution is 5.43. The molecule has 0 bridgehead atoms. The van der Waals surface area contributed by atoms with Crippen molar-refractivity contribution in [3.8, 4) is 11.5 Å². The van der Waals surface area contributed by atoms with E-state index in [2.05, 4.69) is 10.1 Å². The standard InChI is InChI=1S/C13H16N2O4/c1-8(16)10-4-5-11(12(6-10)17-3)18-7-13-14-9(2)15-19-13/h4-6,8,16H,7H2,1-3H3/t8-/m1/s1. The first-order valence-electron chi connectivity index (χ1n) is 5.88. The molecule has 0 radical (unpaired) electrons. The summed E-state index contributed by atoms with van der Waals surface area (Å²) in [6, 6.07) is 5.25. The zero-order valence-electron chi connectivity index (χ0n) is 11.1. The number of aliphatic hydroxyl groups is 1. The second kappa shape index (κ2) is 5.71. The van der Waals surface area contributed by atoms with Crippen LogP contribution in [0.15, 0.2) is 22.7 Å². The number of aromatic nitrogens is 2. The summed E-state index contributed by atoms with van der Waals surface area (Å²) in [7, 11) is 1.55. The van der Waals surface area contributed by atoms with E-state index in [0.29, 0.717) is 23.2 Å². The SMILES string of the molecule is COc1cc([C@@H](C)O)ccc1OCc1nc(C)no1. The monoisotopic (exact) mass is 264 g/mol. The third-order valence-corrected chi connectivity index (χ3v) is 2.59. The Hall–Kier alpha value is -2.08. The van der Waals surface area contributed by atoms with Crippen LogP contribution in [0.5, 0.6) is 11.5 Å². The predicted molar refractivity (Wildman–Crippen MR) is 67.0 cm³/mol. The average molecular weight is 264 g/mol. The molecule has 0 aliphatic rings. The summed E-state index contributed by atoms with van der Waals surface area (Å²) in [5, 5.41) is 13.2. The van der Waals surface area contributed by atoms with Gasteiger partial charge in [0.05, 0.1) is 13.2 Å². The van der Waals surface area contributed by atoms with E-state index in [9.17, 15) is 5.11 Å². The van der Waals surface area contributed by atoms with Crippen LogP contribution in [-0.4, -0.2) is 22.4 Å². The van der Waals surface area contributed by atoms with Crippen molar-refractivity contribution in [3.05, 3.63) is 35.5 Å². The first-order valence-corrected chi connectivity index (χ1v) is 5.88. The highest BCUT2D eigenvalue weighted by Gasteiger charge is 2.10. The van der Waals surface area contributed by atoms with Gasteiger partial charge in [-0.3, -0.25) is 0 Å². The summed E-state index contributed by atoms with van der Waals surface area (Å²) >= 11 is 0. The lowest BCUT2D eigenvalue weighted by Crippen LogP contribution is -1.99. The van der Waals surface area contributed by atoms with E-state index in [0.717, 1.165) is 5.56 Å². The number of rotatable bonds is 5. The fraction of sp³-hybridized carbons (Fsp3) is 0.385. The summed E-state index contributed by atoms with van der Waals surface area (Å²) in [4.78, 5) is 4.04. The number of methoxy groups -OCH3 is 1. The van der Waals surface area contributed by atoms with Gasteiger partial charge in [-0.1, -0.05) is 11.2 Å². The minimum Gasteiger partial charge on any atom is -0.493 e. The van der Waals surface area contributed by atoms with Crippen LogP contribution in [0.3, 0.4) is 0 Å². The molecule has 0 unspecified atom stereocenters. The van der Waals surface area contributed by atoms with Crippen LogP contribution in [0, 0.1) is 6.92 Å². The number of ether oxygens (including phenoxy) is 2. The van der Waals surface area contributed by atoms with Crippen LogP contribution in [0.25, 0.3) is 0 Å². The molecule has 2 rings (SSSR count). The first-order chi connectivity index (χ1) is 9.10. The molecule has 19 heavy (non-hydrogen) atoms. The number of hydrogen-bond donors (Lipinski definition) is 1. The van der Waals surface area contributed by atoms with Gasteiger partial charge in [0.1, 0.15) is 0 Å². The third-order valence-electron chi connectivity index (χ3n) is 2.59. The largest absolute Gasteiger partial charge is 0.493 e. The van der Waals surface area contributed by atoms with Crippen molar-refractivity contribution < 1.29 is 19.1 Å². The quantitative estimate of drug-likeness (QED) is 0.890. The van der Waals surface area contributed by atoms with Gasteiger partial charge in [0, 0.05) is 0 Å².